The summed E-state index contributed by atoms with van der Waals surface area (Å²) in [4.78, 5) is 10.7. The Bertz CT molecular complexity index is 373. The maximum Gasteiger partial charge on any atom is 0.339 e. The fourth-order valence-corrected chi connectivity index (χ4v) is 1.10. The lowest BCUT2D eigenvalue weighted by Crippen LogP contribution is -2.12. The molecule has 0 atom stereocenters. The predicted octanol–water partition coefficient (Wildman–Crippen LogP) is 1.01. The van der Waals surface area contributed by atoms with Crippen LogP contribution in [0.15, 0.2) is 10.5 Å². The van der Waals surface area contributed by atoms with Gasteiger partial charge in [-0.25, -0.2) is 4.79 Å². The van der Waals surface area contributed by atoms with Gasteiger partial charge < -0.3 is 9.52 Å². The summed E-state index contributed by atoms with van der Waals surface area (Å²) in [6.07, 6.45) is 5.04. The Kier molecular flexibility index (Phi) is 3.32. The molecule has 4 heteroatoms. The Balaban J connectivity index is 2.67. The van der Waals surface area contributed by atoms with Crippen LogP contribution in [-0.2, 0) is 6.54 Å². The normalized spacial score (nSPS) is 9.71. The third kappa shape index (κ3) is 2.38. The lowest BCUT2D eigenvalue weighted by Gasteiger charge is -1.94. The number of rotatable bonds is 4. The Morgan fingerprint density at radius 2 is 2.50 bits per heavy atom. The fourth-order valence-electron chi connectivity index (χ4n) is 1.10. The molecular weight excluding hydrogens is 182 g/mol. The van der Waals surface area contributed by atoms with Gasteiger partial charge in [0.15, 0.2) is 0 Å². The number of nitrogens with one attached hydrogen (secondary N) is 1. The van der Waals surface area contributed by atoms with E-state index in [0.29, 0.717) is 24.6 Å². The number of furan rings is 1. The van der Waals surface area contributed by atoms with E-state index < -0.39 is 5.97 Å². The van der Waals surface area contributed by atoms with Crippen LogP contribution >= 0.6 is 0 Å². The molecule has 0 aliphatic heterocycles. The molecule has 0 aromatic carbocycles. The van der Waals surface area contributed by atoms with E-state index >= 15 is 0 Å². The number of aromatic carboxylic acids is 1. The average Bonchev–Trinajstić information content (AvgIpc) is 2.47. The number of terminal acetylenes is 1. The van der Waals surface area contributed by atoms with Crippen molar-refractivity contribution in [3.05, 3.63) is 23.2 Å². The number of carboxylic acids is 1. The van der Waals surface area contributed by atoms with Crippen molar-refractivity contribution in [2.45, 2.75) is 13.5 Å². The van der Waals surface area contributed by atoms with Gasteiger partial charge in [-0.15, -0.1) is 6.42 Å². The molecule has 0 spiro atoms. The first-order chi connectivity index (χ1) is 6.65. The number of hydrogen-bond acceptors (Lipinski definition) is 3. The van der Waals surface area contributed by atoms with Gasteiger partial charge in [0.2, 0.25) is 0 Å². The molecule has 2 N–H and O–H groups in total. The summed E-state index contributed by atoms with van der Waals surface area (Å²) >= 11 is 0. The molecule has 74 valence electrons. The summed E-state index contributed by atoms with van der Waals surface area (Å²) in [7, 11) is 0. The molecule has 0 aliphatic rings. The Morgan fingerprint density at radius 3 is 3.00 bits per heavy atom. The van der Waals surface area contributed by atoms with Crippen LogP contribution in [-0.4, -0.2) is 17.6 Å². The highest BCUT2D eigenvalue weighted by Crippen LogP contribution is 2.14. The molecule has 0 saturated heterocycles. The van der Waals surface area contributed by atoms with E-state index in [-0.39, 0.29) is 5.56 Å². The quantitative estimate of drug-likeness (QED) is 0.553. The molecule has 0 unspecified atom stereocenters. The van der Waals surface area contributed by atoms with Crippen LogP contribution in [0.5, 0.6) is 0 Å². The SMILES string of the molecule is C#CCNCc1cc(C(=O)O)c(C)o1. The monoisotopic (exact) mass is 193 g/mol. The van der Waals surface area contributed by atoms with Gasteiger partial charge in [-0.05, 0) is 13.0 Å². The van der Waals surface area contributed by atoms with Crippen LogP contribution in [0.25, 0.3) is 0 Å². The minimum absolute atomic E-state index is 0.197. The minimum atomic E-state index is -0.977. The van der Waals surface area contributed by atoms with E-state index in [4.69, 9.17) is 15.9 Å². The Hall–Kier alpha value is -1.73. The summed E-state index contributed by atoms with van der Waals surface area (Å²) in [5, 5.41) is 11.6. The second kappa shape index (κ2) is 4.49. The Labute approximate surface area is 81.9 Å². The zero-order valence-electron chi connectivity index (χ0n) is 7.83. The summed E-state index contributed by atoms with van der Waals surface area (Å²) in [6.45, 7) is 2.49. The summed E-state index contributed by atoms with van der Waals surface area (Å²) < 4.78 is 5.21. The molecule has 1 rings (SSSR count). The molecule has 1 aromatic rings. The van der Waals surface area contributed by atoms with Crippen molar-refractivity contribution in [3.63, 3.8) is 0 Å². The van der Waals surface area contributed by atoms with Crippen LogP contribution in [0.4, 0.5) is 0 Å². The molecule has 0 saturated carbocycles. The van der Waals surface area contributed by atoms with Crippen LogP contribution in [0, 0.1) is 19.3 Å². The zero-order valence-corrected chi connectivity index (χ0v) is 7.83. The standard InChI is InChI=1S/C10H11NO3/c1-3-4-11-6-8-5-9(10(12)13)7(2)14-8/h1,5,11H,4,6H2,2H3,(H,12,13). The van der Waals surface area contributed by atoms with Gasteiger partial charge in [-0.2, -0.15) is 0 Å². The third-order valence-electron chi connectivity index (χ3n) is 1.73. The molecule has 0 amide bonds. The lowest BCUT2D eigenvalue weighted by molar-refractivity contribution is 0.0695. The van der Waals surface area contributed by atoms with Crippen molar-refractivity contribution in [1.29, 1.82) is 0 Å². The molecule has 0 radical (unpaired) electrons. The summed E-state index contributed by atoms with van der Waals surface area (Å²) in [5.74, 6) is 2.43. The number of carbonyl (C=O) groups is 1. The van der Waals surface area contributed by atoms with Crippen molar-refractivity contribution in [2.24, 2.45) is 0 Å². The topological polar surface area (TPSA) is 62.5 Å². The molecule has 14 heavy (non-hydrogen) atoms. The lowest BCUT2D eigenvalue weighted by atomic mass is 10.2. The molecule has 1 aromatic heterocycles. The molecule has 4 nitrogen and oxygen atoms in total. The third-order valence-corrected chi connectivity index (χ3v) is 1.73. The van der Waals surface area contributed by atoms with Crippen molar-refractivity contribution in [3.8, 4) is 12.3 Å². The van der Waals surface area contributed by atoms with Gasteiger partial charge in [-0.1, -0.05) is 5.92 Å². The summed E-state index contributed by atoms with van der Waals surface area (Å²) in [6, 6.07) is 1.50. The van der Waals surface area contributed by atoms with E-state index in [1.165, 1.54) is 6.07 Å². The highest BCUT2D eigenvalue weighted by Gasteiger charge is 2.12. The van der Waals surface area contributed by atoms with Gasteiger partial charge in [0.1, 0.15) is 17.1 Å². The smallest absolute Gasteiger partial charge is 0.339 e. The maximum absolute atomic E-state index is 10.7. The van der Waals surface area contributed by atoms with Gasteiger partial charge >= 0.3 is 5.97 Å². The summed E-state index contributed by atoms with van der Waals surface area (Å²) in [5.41, 5.74) is 0.197. The van der Waals surface area contributed by atoms with Gasteiger partial charge in [0, 0.05) is 0 Å². The first kappa shape index (κ1) is 10.4. The van der Waals surface area contributed by atoms with Crippen LogP contribution in [0.1, 0.15) is 21.9 Å². The van der Waals surface area contributed by atoms with E-state index in [1.807, 2.05) is 0 Å². The van der Waals surface area contributed by atoms with Crippen molar-refractivity contribution in [2.75, 3.05) is 6.54 Å². The fraction of sp³-hybridized carbons (Fsp3) is 0.300. The van der Waals surface area contributed by atoms with E-state index in [9.17, 15) is 4.79 Å². The van der Waals surface area contributed by atoms with E-state index in [2.05, 4.69) is 11.2 Å². The largest absolute Gasteiger partial charge is 0.478 e. The van der Waals surface area contributed by atoms with Gasteiger partial charge in [-0.3, -0.25) is 5.32 Å². The Morgan fingerprint density at radius 1 is 1.79 bits per heavy atom. The number of hydrogen-bond donors (Lipinski definition) is 2. The molecule has 0 aliphatic carbocycles. The van der Waals surface area contributed by atoms with Crippen molar-refractivity contribution in [1.82, 2.24) is 5.32 Å². The number of carboxylic acid groups (broad SMARTS) is 1. The molecular formula is C10H11NO3. The van der Waals surface area contributed by atoms with E-state index in [0.717, 1.165) is 0 Å². The second-order valence-corrected chi connectivity index (χ2v) is 2.80. The molecule has 1 heterocycles. The average molecular weight is 193 g/mol. The van der Waals surface area contributed by atoms with Crippen molar-refractivity contribution < 1.29 is 14.3 Å². The highest BCUT2D eigenvalue weighted by atomic mass is 16.4. The molecule has 0 fully saturated rings. The second-order valence-electron chi connectivity index (χ2n) is 2.80. The minimum Gasteiger partial charge on any atom is -0.478 e. The molecule has 0 bridgehead atoms. The number of aryl methyl sites for hydroxylation is 1. The zero-order chi connectivity index (χ0) is 10.6. The highest BCUT2D eigenvalue weighted by molar-refractivity contribution is 5.88. The van der Waals surface area contributed by atoms with E-state index in [1.54, 1.807) is 6.92 Å². The van der Waals surface area contributed by atoms with Crippen LogP contribution in [0.2, 0.25) is 0 Å². The van der Waals surface area contributed by atoms with Crippen LogP contribution < -0.4 is 5.32 Å². The van der Waals surface area contributed by atoms with Gasteiger partial charge in [0.05, 0.1) is 13.1 Å². The maximum atomic E-state index is 10.7. The first-order valence-electron chi connectivity index (χ1n) is 4.12. The van der Waals surface area contributed by atoms with Crippen LogP contribution in [0.3, 0.4) is 0 Å². The first-order valence-corrected chi connectivity index (χ1v) is 4.12. The van der Waals surface area contributed by atoms with Gasteiger partial charge in [0.25, 0.3) is 0 Å². The predicted molar refractivity (Wildman–Crippen MR) is 50.9 cm³/mol. The van der Waals surface area contributed by atoms with Crippen molar-refractivity contribution >= 4 is 5.97 Å².